The highest BCUT2D eigenvalue weighted by Gasteiger charge is 2.49. The smallest absolute Gasteiger partial charge is 0.347 e. The van der Waals surface area contributed by atoms with Gasteiger partial charge in [-0.3, -0.25) is 9.59 Å². The third kappa shape index (κ3) is 6.27. The molecule has 0 saturated heterocycles. The fourth-order valence-electron chi connectivity index (χ4n) is 7.24. The summed E-state index contributed by atoms with van der Waals surface area (Å²) in [7, 11) is 0. The van der Waals surface area contributed by atoms with Crippen LogP contribution in [0, 0.1) is 0 Å². The van der Waals surface area contributed by atoms with Crippen LogP contribution in [0.5, 0.6) is 0 Å². The van der Waals surface area contributed by atoms with E-state index in [1.165, 1.54) is 0 Å². The maximum Gasteiger partial charge on any atom is 0.405 e. The number of unbranched alkanes of at least 4 members (excludes halogenated alkanes) is 1. The summed E-state index contributed by atoms with van der Waals surface area (Å²) < 4.78 is 41.9. The van der Waals surface area contributed by atoms with Crippen molar-refractivity contribution >= 4 is 40.0 Å². The molecule has 0 bridgehead atoms. The van der Waals surface area contributed by atoms with Crippen LogP contribution in [0.15, 0.2) is 128 Å². The third-order valence-electron chi connectivity index (χ3n) is 9.49. The Balaban J connectivity index is 1.10. The quantitative estimate of drug-likeness (QED) is 0.141. The molecule has 0 aliphatic heterocycles. The van der Waals surface area contributed by atoms with E-state index in [9.17, 15) is 22.8 Å². The van der Waals surface area contributed by atoms with Gasteiger partial charge < -0.3 is 15.2 Å². The van der Waals surface area contributed by atoms with Gasteiger partial charge in [-0.2, -0.15) is 13.2 Å². The van der Waals surface area contributed by atoms with Crippen LogP contribution in [0.2, 0.25) is 5.02 Å². The zero-order valence-corrected chi connectivity index (χ0v) is 27.7. The first-order chi connectivity index (χ1) is 24.2. The van der Waals surface area contributed by atoms with Gasteiger partial charge in [0.15, 0.2) is 0 Å². The second-order valence-electron chi connectivity index (χ2n) is 12.5. The number of hydrogen-bond acceptors (Lipinski definition) is 2. The lowest BCUT2D eigenvalue weighted by atomic mass is 9.73. The summed E-state index contributed by atoms with van der Waals surface area (Å²) in [5.74, 6) is -0.876. The summed E-state index contributed by atoms with van der Waals surface area (Å²) >= 11 is 6.08. The molecule has 0 spiro atoms. The van der Waals surface area contributed by atoms with Crippen LogP contribution in [0.1, 0.15) is 40.7 Å². The van der Waals surface area contributed by atoms with Crippen molar-refractivity contribution in [3.8, 4) is 22.3 Å². The van der Waals surface area contributed by atoms with E-state index >= 15 is 0 Å². The molecule has 7 rings (SSSR count). The Morgan fingerprint density at radius 2 is 1.36 bits per heavy atom. The molecule has 0 saturated carbocycles. The fraction of sp³-hybridized carbons (Fsp3) is 0.171. The van der Waals surface area contributed by atoms with Crippen molar-refractivity contribution in [2.45, 2.75) is 37.4 Å². The Labute approximate surface area is 292 Å². The predicted molar refractivity (Wildman–Crippen MR) is 192 cm³/mol. The number of carbonyl (C=O) groups is 2. The molecule has 5 aromatic carbocycles. The standard InChI is InChI=1S/C41H33ClF3N3O2/c42-28-20-18-27(19-21-28)29-10-1-2-13-32(29)38(49)47-36-16-9-17-37-33(36)22-25-48(37)24-8-7-23-40(39(50)46-26-41(43,44)45)34-14-5-3-11-30(34)31-12-4-6-15-35(31)40/h1-6,9-22,25H,7-8,23-24,26H2,(H,46,50)(H,47,49). The molecule has 1 aliphatic rings. The number of benzene rings is 5. The van der Waals surface area contributed by atoms with E-state index in [-0.39, 0.29) is 5.91 Å². The number of rotatable bonds is 10. The molecule has 9 heteroatoms. The molecule has 1 aromatic heterocycles. The number of amides is 2. The zero-order valence-electron chi connectivity index (χ0n) is 26.9. The fourth-order valence-corrected chi connectivity index (χ4v) is 7.36. The van der Waals surface area contributed by atoms with Crippen LogP contribution in [-0.2, 0) is 16.8 Å². The molecule has 0 fully saturated rings. The topological polar surface area (TPSA) is 63.1 Å². The van der Waals surface area contributed by atoms with Gasteiger partial charge in [-0.25, -0.2) is 0 Å². The molecular formula is C41H33ClF3N3O2. The van der Waals surface area contributed by atoms with E-state index in [0.29, 0.717) is 42.1 Å². The van der Waals surface area contributed by atoms with E-state index in [0.717, 1.165) is 44.3 Å². The molecule has 0 unspecified atom stereocenters. The van der Waals surface area contributed by atoms with E-state index in [1.54, 1.807) is 18.2 Å². The molecule has 2 N–H and O–H groups in total. The monoisotopic (exact) mass is 691 g/mol. The van der Waals surface area contributed by atoms with Gasteiger partial charge in [-0.1, -0.05) is 96.5 Å². The van der Waals surface area contributed by atoms with Crippen LogP contribution in [-0.4, -0.2) is 29.1 Å². The number of aryl methyl sites for hydroxylation is 1. The summed E-state index contributed by atoms with van der Waals surface area (Å²) in [6.07, 6.45) is -0.957. The summed E-state index contributed by atoms with van der Waals surface area (Å²) in [5.41, 5.74) is 5.78. The number of fused-ring (bicyclic) bond motifs is 4. The first kappa shape index (κ1) is 33.2. The average molecular weight is 692 g/mol. The number of carbonyl (C=O) groups excluding carboxylic acids is 2. The van der Waals surface area contributed by atoms with Crippen molar-refractivity contribution < 1.29 is 22.8 Å². The Kier molecular flexibility index (Phi) is 8.97. The minimum absolute atomic E-state index is 0.234. The van der Waals surface area contributed by atoms with Gasteiger partial charge in [0.1, 0.15) is 12.0 Å². The van der Waals surface area contributed by atoms with E-state index in [4.69, 9.17) is 11.6 Å². The number of aromatic nitrogens is 1. The lowest BCUT2D eigenvalue weighted by Crippen LogP contribution is -2.47. The SMILES string of the molecule is O=C(Nc1cccc2c1ccn2CCCCC1(C(=O)NCC(F)(F)F)c2ccccc2-c2ccccc21)c1ccccc1-c1ccc(Cl)cc1. The van der Waals surface area contributed by atoms with Gasteiger partial charge in [-0.05, 0) is 89.0 Å². The average Bonchev–Trinajstić information content (AvgIpc) is 3.67. The van der Waals surface area contributed by atoms with Crippen molar-refractivity contribution in [3.63, 3.8) is 0 Å². The zero-order chi connectivity index (χ0) is 34.9. The molecular weight excluding hydrogens is 659 g/mol. The first-order valence-corrected chi connectivity index (χ1v) is 16.8. The van der Waals surface area contributed by atoms with E-state index < -0.39 is 24.0 Å². The largest absolute Gasteiger partial charge is 0.405 e. The first-order valence-electron chi connectivity index (χ1n) is 16.4. The summed E-state index contributed by atoms with van der Waals surface area (Å²) in [5, 5.41) is 6.80. The van der Waals surface area contributed by atoms with Crippen LogP contribution in [0.3, 0.4) is 0 Å². The van der Waals surface area contributed by atoms with Crippen LogP contribution in [0.4, 0.5) is 18.9 Å². The summed E-state index contributed by atoms with van der Waals surface area (Å²) in [6.45, 7) is -0.775. The van der Waals surface area contributed by atoms with Gasteiger partial charge in [0, 0.05) is 28.7 Å². The van der Waals surface area contributed by atoms with Gasteiger partial charge in [0.05, 0.1) is 11.2 Å². The maximum atomic E-state index is 13.8. The maximum absolute atomic E-state index is 13.8. The van der Waals surface area contributed by atoms with Gasteiger partial charge in [0.2, 0.25) is 5.91 Å². The summed E-state index contributed by atoms with van der Waals surface area (Å²) in [4.78, 5) is 27.4. The predicted octanol–water partition coefficient (Wildman–Crippen LogP) is 10.0. The second-order valence-corrected chi connectivity index (χ2v) is 12.9. The number of nitrogens with one attached hydrogen (secondary N) is 2. The highest BCUT2D eigenvalue weighted by Crippen LogP contribution is 2.51. The van der Waals surface area contributed by atoms with E-state index in [1.807, 2.05) is 109 Å². The highest BCUT2D eigenvalue weighted by atomic mass is 35.5. The Hall–Kier alpha value is -5.34. The Morgan fingerprint density at radius 1 is 0.720 bits per heavy atom. The normalized spacial score (nSPS) is 13.1. The molecule has 1 aliphatic carbocycles. The van der Waals surface area contributed by atoms with Crippen LogP contribution in [0.25, 0.3) is 33.2 Å². The molecule has 2 amide bonds. The number of alkyl halides is 3. The van der Waals surface area contributed by atoms with Crippen LogP contribution >= 0.6 is 11.6 Å². The Morgan fingerprint density at radius 3 is 2.04 bits per heavy atom. The summed E-state index contributed by atoms with van der Waals surface area (Å²) in [6, 6.07) is 37.5. The minimum Gasteiger partial charge on any atom is -0.347 e. The second kappa shape index (κ2) is 13.5. The Bertz CT molecular complexity index is 2160. The minimum atomic E-state index is -4.53. The van der Waals surface area contributed by atoms with Gasteiger partial charge in [0.25, 0.3) is 5.91 Å². The van der Waals surface area contributed by atoms with Crippen molar-refractivity contribution in [1.29, 1.82) is 0 Å². The molecule has 6 aromatic rings. The number of anilines is 1. The van der Waals surface area contributed by atoms with Gasteiger partial charge in [-0.15, -0.1) is 0 Å². The molecule has 0 atom stereocenters. The number of halogens is 4. The van der Waals surface area contributed by atoms with Gasteiger partial charge >= 0.3 is 6.18 Å². The molecule has 0 radical (unpaired) electrons. The van der Waals surface area contributed by atoms with Crippen molar-refractivity contribution in [2.75, 3.05) is 11.9 Å². The number of nitrogens with zero attached hydrogens (tertiary/aromatic N) is 1. The van der Waals surface area contributed by atoms with Crippen molar-refractivity contribution in [3.05, 3.63) is 149 Å². The molecule has 252 valence electrons. The van der Waals surface area contributed by atoms with Crippen molar-refractivity contribution in [1.82, 2.24) is 9.88 Å². The van der Waals surface area contributed by atoms with E-state index in [2.05, 4.69) is 15.2 Å². The highest BCUT2D eigenvalue weighted by molar-refractivity contribution is 6.30. The van der Waals surface area contributed by atoms with Crippen molar-refractivity contribution in [2.24, 2.45) is 0 Å². The number of hydrogen-bond donors (Lipinski definition) is 2. The molecule has 1 heterocycles. The van der Waals surface area contributed by atoms with Crippen LogP contribution < -0.4 is 10.6 Å². The lowest BCUT2D eigenvalue weighted by Gasteiger charge is -2.31. The third-order valence-corrected chi connectivity index (χ3v) is 9.74. The molecule has 50 heavy (non-hydrogen) atoms. The molecule has 5 nitrogen and oxygen atoms in total. The lowest BCUT2D eigenvalue weighted by molar-refractivity contribution is -0.141.